The van der Waals surface area contributed by atoms with Crippen molar-refractivity contribution in [1.82, 2.24) is 0 Å². The number of benzene rings is 2. The number of fused-ring (bicyclic) bond motifs is 1. The van der Waals surface area contributed by atoms with Crippen molar-refractivity contribution in [3.63, 3.8) is 0 Å². The van der Waals surface area contributed by atoms with Crippen LogP contribution in [0.25, 0.3) is 6.08 Å². The zero-order valence-electron chi connectivity index (χ0n) is 14.3. The van der Waals surface area contributed by atoms with Crippen LogP contribution in [0.15, 0.2) is 47.5 Å². The number of unbranched alkanes of at least 4 members (excludes halogenated alkanes) is 1. The van der Waals surface area contributed by atoms with Gasteiger partial charge < -0.3 is 4.74 Å². The summed E-state index contributed by atoms with van der Waals surface area (Å²) in [6, 6.07) is 11.8. The number of hydrogen-bond acceptors (Lipinski definition) is 2. The van der Waals surface area contributed by atoms with Gasteiger partial charge in [-0.1, -0.05) is 48.7 Å². The van der Waals surface area contributed by atoms with Crippen LogP contribution in [0, 0.1) is 0 Å². The molecule has 0 N–H and O–H groups in total. The summed E-state index contributed by atoms with van der Waals surface area (Å²) in [5.41, 5.74) is 4.36. The maximum atomic E-state index is 6.24. The van der Waals surface area contributed by atoms with E-state index in [1.807, 2.05) is 30.4 Å². The molecule has 0 bridgehead atoms. The van der Waals surface area contributed by atoms with Crippen LogP contribution in [-0.2, 0) is 6.42 Å². The van der Waals surface area contributed by atoms with Gasteiger partial charge in [0.2, 0.25) is 0 Å². The Kier molecular flexibility index (Phi) is 6.17. The second kappa shape index (κ2) is 8.55. The lowest BCUT2D eigenvalue weighted by Gasteiger charge is -2.16. The summed E-state index contributed by atoms with van der Waals surface area (Å²) < 4.78 is 5.82. The fourth-order valence-electron chi connectivity index (χ4n) is 2.78. The molecular weight excluding hydrogens is 353 g/mol. The summed E-state index contributed by atoms with van der Waals surface area (Å²) in [6.07, 6.45) is 7.16. The number of hydrogen-bond donors (Lipinski definition) is 0. The number of nitrogens with zero attached hydrogens (tertiary/aromatic N) is 1. The van der Waals surface area contributed by atoms with Crippen LogP contribution in [-0.4, -0.2) is 18.9 Å². The van der Waals surface area contributed by atoms with Crippen LogP contribution in [0.4, 0.5) is 0 Å². The van der Waals surface area contributed by atoms with Crippen molar-refractivity contribution >= 4 is 35.0 Å². The molecule has 2 aromatic carbocycles. The van der Waals surface area contributed by atoms with E-state index in [1.165, 1.54) is 5.56 Å². The minimum absolute atomic E-state index is 0.637. The number of aliphatic imine (C=N–C) groups is 1. The van der Waals surface area contributed by atoms with Gasteiger partial charge in [0.05, 0.1) is 12.3 Å². The third kappa shape index (κ3) is 4.65. The molecule has 1 aliphatic rings. The molecule has 0 unspecified atom stereocenters. The molecule has 25 heavy (non-hydrogen) atoms. The standard InChI is InChI=1S/C21H21Cl2NO/c1-2-3-12-25-18-7-8-19-16(13-18)10-11-24-21(19)9-5-15-4-6-17(22)14-20(15)23/h4-9,13-14H,2-3,10-12H2,1H3/b9-5+. The molecule has 130 valence electrons. The lowest BCUT2D eigenvalue weighted by Crippen LogP contribution is -2.11. The smallest absolute Gasteiger partial charge is 0.119 e. The molecule has 0 radical (unpaired) electrons. The monoisotopic (exact) mass is 373 g/mol. The van der Waals surface area contributed by atoms with Crippen LogP contribution >= 0.6 is 23.2 Å². The number of rotatable bonds is 6. The summed E-state index contributed by atoms with van der Waals surface area (Å²) in [5, 5.41) is 1.28. The van der Waals surface area contributed by atoms with Gasteiger partial charge in [0.15, 0.2) is 0 Å². The van der Waals surface area contributed by atoms with Gasteiger partial charge in [0.1, 0.15) is 5.75 Å². The zero-order chi connectivity index (χ0) is 17.6. The highest BCUT2D eigenvalue weighted by Crippen LogP contribution is 2.25. The lowest BCUT2D eigenvalue weighted by atomic mass is 9.96. The van der Waals surface area contributed by atoms with Crippen molar-refractivity contribution in [2.45, 2.75) is 26.2 Å². The van der Waals surface area contributed by atoms with Crippen molar-refractivity contribution in [1.29, 1.82) is 0 Å². The summed E-state index contributed by atoms with van der Waals surface area (Å²) in [5.74, 6) is 0.943. The van der Waals surface area contributed by atoms with E-state index in [1.54, 1.807) is 6.07 Å². The number of allylic oxidation sites excluding steroid dienone is 1. The van der Waals surface area contributed by atoms with E-state index in [4.69, 9.17) is 27.9 Å². The van der Waals surface area contributed by atoms with E-state index in [2.05, 4.69) is 24.0 Å². The Balaban J connectivity index is 1.78. The first-order chi connectivity index (χ1) is 12.2. The van der Waals surface area contributed by atoms with E-state index >= 15 is 0 Å². The molecule has 4 heteroatoms. The highest BCUT2D eigenvalue weighted by atomic mass is 35.5. The molecular formula is C21H21Cl2NO. The second-order valence-electron chi connectivity index (χ2n) is 6.04. The Morgan fingerprint density at radius 1 is 1.12 bits per heavy atom. The van der Waals surface area contributed by atoms with Gasteiger partial charge in [0, 0.05) is 22.2 Å². The lowest BCUT2D eigenvalue weighted by molar-refractivity contribution is 0.309. The van der Waals surface area contributed by atoms with Crippen LogP contribution in [0.5, 0.6) is 5.75 Å². The van der Waals surface area contributed by atoms with E-state index in [0.717, 1.165) is 55.0 Å². The van der Waals surface area contributed by atoms with Crippen LogP contribution < -0.4 is 4.74 Å². The minimum atomic E-state index is 0.637. The first-order valence-corrected chi connectivity index (χ1v) is 9.36. The Morgan fingerprint density at radius 2 is 2.00 bits per heavy atom. The van der Waals surface area contributed by atoms with Crippen molar-refractivity contribution < 1.29 is 4.74 Å². The van der Waals surface area contributed by atoms with Crippen LogP contribution in [0.2, 0.25) is 10.0 Å². The van der Waals surface area contributed by atoms with Gasteiger partial charge in [-0.2, -0.15) is 0 Å². The predicted molar refractivity (Wildman–Crippen MR) is 107 cm³/mol. The summed E-state index contributed by atoms with van der Waals surface area (Å²) >= 11 is 12.2. The Morgan fingerprint density at radius 3 is 2.80 bits per heavy atom. The van der Waals surface area contributed by atoms with Gasteiger partial charge in [-0.05, 0) is 60.4 Å². The van der Waals surface area contributed by atoms with Gasteiger partial charge >= 0.3 is 0 Å². The minimum Gasteiger partial charge on any atom is -0.494 e. The topological polar surface area (TPSA) is 21.6 Å². The third-order valence-electron chi connectivity index (χ3n) is 4.17. The average molecular weight is 374 g/mol. The molecule has 0 atom stereocenters. The van der Waals surface area contributed by atoms with Crippen LogP contribution in [0.1, 0.15) is 36.5 Å². The Labute approximate surface area is 159 Å². The molecule has 1 aliphatic heterocycles. The quantitative estimate of drug-likeness (QED) is 0.549. The summed E-state index contributed by atoms with van der Waals surface area (Å²) in [6.45, 7) is 3.73. The average Bonchev–Trinajstić information content (AvgIpc) is 2.61. The molecule has 0 fully saturated rings. The molecule has 0 saturated carbocycles. The Bertz CT molecular complexity index is 812. The van der Waals surface area contributed by atoms with Gasteiger partial charge in [-0.15, -0.1) is 0 Å². The SMILES string of the molecule is CCCCOc1ccc2c(c1)CCN=C2/C=C/c1ccc(Cl)cc1Cl. The van der Waals surface area contributed by atoms with Crippen molar-refractivity contribution in [3.8, 4) is 5.75 Å². The maximum Gasteiger partial charge on any atom is 0.119 e. The van der Waals surface area contributed by atoms with E-state index in [9.17, 15) is 0 Å². The normalized spacial score (nSPS) is 13.6. The zero-order valence-corrected chi connectivity index (χ0v) is 15.8. The maximum absolute atomic E-state index is 6.24. The van der Waals surface area contributed by atoms with Crippen molar-refractivity contribution in [3.05, 3.63) is 69.2 Å². The summed E-state index contributed by atoms with van der Waals surface area (Å²) in [4.78, 5) is 4.66. The van der Waals surface area contributed by atoms with E-state index < -0.39 is 0 Å². The summed E-state index contributed by atoms with van der Waals surface area (Å²) in [7, 11) is 0. The third-order valence-corrected chi connectivity index (χ3v) is 4.73. The Hall–Kier alpha value is -1.77. The second-order valence-corrected chi connectivity index (χ2v) is 6.88. The molecule has 0 aliphatic carbocycles. The molecule has 3 rings (SSSR count). The molecule has 0 spiro atoms. The highest BCUT2D eigenvalue weighted by Gasteiger charge is 2.13. The first kappa shape index (κ1) is 18.0. The number of ether oxygens (including phenoxy) is 1. The van der Waals surface area contributed by atoms with Crippen LogP contribution in [0.3, 0.4) is 0 Å². The molecule has 1 heterocycles. The fourth-order valence-corrected chi connectivity index (χ4v) is 3.25. The van der Waals surface area contributed by atoms with Gasteiger partial charge in [-0.3, -0.25) is 4.99 Å². The van der Waals surface area contributed by atoms with Crippen molar-refractivity contribution in [2.75, 3.05) is 13.2 Å². The predicted octanol–water partition coefficient (Wildman–Crippen LogP) is 6.23. The highest BCUT2D eigenvalue weighted by molar-refractivity contribution is 6.35. The van der Waals surface area contributed by atoms with Crippen molar-refractivity contribution in [2.24, 2.45) is 4.99 Å². The fraction of sp³-hybridized carbons (Fsp3) is 0.286. The molecule has 2 nitrogen and oxygen atoms in total. The molecule has 0 amide bonds. The van der Waals surface area contributed by atoms with Gasteiger partial charge in [-0.25, -0.2) is 0 Å². The molecule has 0 saturated heterocycles. The first-order valence-electron chi connectivity index (χ1n) is 8.61. The van der Waals surface area contributed by atoms with Gasteiger partial charge in [0.25, 0.3) is 0 Å². The molecule has 0 aromatic heterocycles. The van der Waals surface area contributed by atoms with E-state index in [-0.39, 0.29) is 0 Å². The van der Waals surface area contributed by atoms with E-state index in [0.29, 0.717) is 10.0 Å². The largest absolute Gasteiger partial charge is 0.494 e. The number of halogens is 2. The molecule has 2 aromatic rings.